The summed E-state index contributed by atoms with van der Waals surface area (Å²) < 4.78 is 0. The minimum Gasteiger partial charge on any atom is -0.310 e. The van der Waals surface area contributed by atoms with Crippen LogP contribution in [-0.4, -0.2) is 18.6 Å². The Hall–Kier alpha value is -0.380. The van der Waals surface area contributed by atoms with Gasteiger partial charge in [0.05, 0.1) is 0 Å². The van der Waals surface area contributed by atoms with Gasteiger partial charge in [-0.3, -0.25) is 0 Å². The molecular formula is C15H24N2S. The van der Waals surface area contributed by atoms with Crippen LogP contribution in [-0.2, 0) is 6.54 Å². The summed E-state index contributed by atoms with van der Waals surface area (Å²) in [5.74, 6) is 0.967. The summed E-state index contributed by atoms with van der Waals surface area (Å²) in [6, 6.07) is 5.99. The van der Waals surface area contributed by atoms with Crippen LogP contribution in [0.25, 0.3) is 0 Å². The van der Waals surface area contributed by atoms with E-state index in [9.17, 15) is 0 Å². The molecule has 3 atom stereocenters. The Balaban J connectivity index is 1.41. The van der Waals surface area contributed by atoms with Crippen molar-refractivity contribution < 1.29 is 0 Å². The molecule has 1 aromatic rings. The zero-order valence-electron chi connectivity index (χ0n) is 11.2. The molecule has 2 aliphatic rings. The second-order valence-electron chi connectivity index (χ2n) is 5.89. The van der Waals surface area contributed by atoms with E-state index in [1.165, 1.54) is 41.9 Å². The third kappa shape index (κ3) is 2.95. The highest BCUT2D eigenvalue weighted by Gasteiger charge is 2.34. The minimum absolute atomic E-state index is 0.708. The number of fused-ring (bicyclic) bond motifs is 1. The molecule has 3 unspecified atom stereocenters. The third-order valence-corrected chi connectivity index (χ3v) is 5.43. The van der Waals surface area contributed by atoms with Crippen molar-refractivity contribution in [1.29, 1.82) is 0 Å². The molecule has 100 valence electrons. The molecule has 3 heteroatoms. The Morgan fingerprint density at radius 3 is 3.00 bits per heavy atom. The highest BCUT2D eigenvalue weighted by atomic mass is 32.1. The molecular weight excluding hydrogens is 240 g/mol. The molecule has 0 amide bonds. The molecule has 0 bridgehead atoms. The second kappa shape index (κ2) is 5.72. The third-order valence-electron chi connectivity index (χ3n) is 4.43. The Labute approximate surface area is 114 Å². The van der Waals surface area contributed by atoms with Crippen LogP contribution in [0.1, 0.15) is 41.9 Å². The molecule has 3 rings (SSSR count). The van der Waals surface area contributed by atoms with E-state index >= 15 is 0 Å². The topological polar surface area (TPSA) is 24.1 Å². The summed E-state index contributed by atoms with van der Waals surface area (Å²) in [4.78, 5) is 2.87. The zero-order valence-corrected chi connectivity index (χ0v) is 12.1. The molecule has 0 aromatic carbocycles. The van der Waals surface area contributed by atoms with E-state index in [0.717, 1.165) is 25.0 Å². The van der Waals surface area contributed by atoms with Gasteiger partial charge in [0.25, 0.3) is 0 Å². The van der Waals surface area contributed by atoms with E-state index in [-0.39, 0.29) is 0 Å². The standard InChI is InChI=1S/C15H24N2S/c1-11-6-7-14(18-11)10-16-9-13-8-12-4-2-3-5-15(12)17-13/h6-7,12-13,15-17H,2-5,8-10H2,1H3. The minimum atomic E-state index is 0.708. The van der Waals surface area contributed by atoms with Gasteiger partial charge >= 0.3 is 0 Å². The highest BCUT2D eigenvalue weighted by molar-refractivity contribution is 7.11. The van der Waals surface area contributed by atoms with E-state index in [1.54, 1.807) is 0 Å². The van der Waals surface area contributed by atoms with Gasteiger partial charge in [-0.05, 0) is 44.2 Å². The number of aryl methyl sites for hydroxylation is 1. The number of thiophene rings is 1. The SMILES string of the molecule is Cc1ccc(CNCC2CC3CCCCC3N2)s1. The van der Waals surface area contributed by atoms with Gasteiger partial charge in [0.15, 0.2) is 0 Å². The number of nitrogens with one attached hydrogen (secondary N) is 2. The number of hydrogen-bond acceptors (Lipinski definition) is 3. The van der Waals surface area contributed by atoms with E-state index in [4.69, 9.17) is 0 Å². The van der Waals surface area contributed by atoms with Crippen molar-refractivity contribution in [2.45, 2.75) is 57.7 Å². The average Bonchev–Trinajstić information content (AvgIpc) is 2.95. The molecule has 2 heterocycles. The first-order chi connectivity index (χ1) is 8.81. The summed E-state index contributed by atoms with van der Waals surface area (Å²) in [5, 5.41) is 7.44. The van der Waals surface area contributed by atoms with Crippen LogP contribution in [0.5, 0.6) is 0 Å². The van der Waals surface area contributed by atoms with E-state index in [0.29, 0.717) is 6.04 Å². The second-order valence-corrected chi connectivity index (χ2v) is 7.27. The number of rotatable bonds is 4. The van der Waals surface area contributed by atoms with Crippen molar-refractivity contribution in [3.05, 3.63) is 21.9 Å². The Kier molecular flexibility index (Phi) is 4.02. The van der Waals surface area contributed by atoms with Crippen molar-refractivity contribution in [2.75, 3.05) is 6.54 Å². The molecule has 1 aliphatic carbocycles. The van der Waals surface area contributed by atoms with Crippen LogP contribution in [0, 0.1) is 12.8 Å². The maximum Gasteiger partial charge on any atom is 0.0300 e. The normalized spacial score (nSPS) is 31.5. The largest absolute Gasteiger partial charge is 0.310 e. The average molecular weight is 264 g/mol. The molecule has 2 fully saturated rings. The van der Waals surface area contributed by atoms with Crippen molar-refractivity contribution in [1.82, 2.24) is 10.6 Å². The predicted octanol–water partition coefficient (Wildman–Crippen LogP) is 3.07. The summed E-state index contributed by atoms with van der Waals surface area (Å²) in [6.45, 7) is 4.34. The van der Waals surface area contributed by atoms with Crippen LogP contribution in [0.15, 0.2) is 12.1 Å². The summed E-state index contributed by atoms with van der Waals surface area (Å²) >= 11 is 1.91. The fourth-order valence-corrected chi connectivity index (χ4v) is 4.40. The molecule has 0 radical (unpaired) electrons. The van der Waals surface area contributed by atoms with Crippen LogP contribution < -0.4 is 10.6 Å². The molecule has 1 aliphatic heterocycles. The lowest BCUT2D eigenvalue weighted by Gasteiger charge is -2.24. The van der Waals surface area contributed by atoms with Gasteiger partial charge in [-0.25, -0.2) is 0 Å². The van der Waals surface area contributed by atoms with E-state index < -0.39 is 0 Å². The maximum atomic E-state index is 3.83. The lowest BCUT2D eigenvalue weighted by Crippen LogP contribution is -2.38. The van der Waals surface area contributed by atoms with Crippen molar-refractivity contribution in [3.8, 4) is 0 Å². The fraction of sp³-hybridized carbons (Fsp3) is 0.733. The van der Waals surface area contributed by atoms with Crippen LogP contribution in [0.4, 0.5) is 0 Å². The van der Waals surface area contributed by atoms with Gasteiger partial charge in [-0.15, -0.1) is 11.3 Å². The zero-order chi connectivity index (χ0) is 12.4. The van der Waals surface area contributed by atoms with Gasteiger partial charge in [0, 0.05) is 34.9 Å². The summed E-state index contributed by atoms with van der Waals surface area (Å²) in [5.41, 5.74) is 0. The molecule has 1 saturated heterocycles. The van der Waals surface area contributed by atoms with Crippen molar-refractivity contribution in [3.63, 3.8) is 0 Å². The first kappa shape index (κ1) is 12.6. The Morgan fingerprint density at radius 2 is 2.22 bits per heavy atom. The number of hydrogen-bond donors (Lipinski definition) is 2. The van der Waals surface area contributed by atoms with Gasteiger partial charge in [0.2, 0.25) is 0 Å². The smallest absolute Gasteiger partial charge is 0.0300 e. The molecule has 2 N–H and O–H groups in total. The lowest BCUT2D eigenvalue weighted by atomic mass is 9.85. The van der Waals surface area contributed by atoms with Crippen LogP contribution in [0.2, 0.25) is 0 Å². The molecule has 1 saturated carbocycles. The maximum absolute atomic E-state index is 3.83. The molecule has 2 nitrogen and oxygen atoms in total. The summed E-state index contributed by atoms with van der Waals surface area (Å²) in [7, 11) is 0. The first-order valence-electron chi connectivity index (χ1n) is 7.33. The van der Waals surface area contributed by atoms with Gasteiger partial charge in [0.1, 0.15) is 0 Å². The van der Waals surface area contributed by atoms with Gasteiger partial charge < -0.3 is 10.6 Å². The predicted molar refractivity (Wildman–Crippen MR) is 78.0 cm³/mol. The Bertz CT molecular complexity index is 374. The summed E-state index contributed by atoms with van der Waals surface area (Å²) in [6.07, 6.45) is 7.14. The lowest BCUT2D eigenvalue weighted by molar-refractivity contribution is 0.325. The first-order valence-corrected chi connectivity index (χ1v) is 8.15. The van der Waals surface area contributed by atoms with Gasteiger partial charge in [-0.2, -0.15) is 0 Å². The van der Waals surface area contributed by atoms with Crippen LogP contribution in [0.3, 0.4) is 0 Å². The molecule has 0 spiro atoms. The quantitative estimate of drug-likeness (QED) is 0.873. The molecule has 1 aromatic heterocycles. The monoisotopic (exact) mass is 264 g/mol. The van der Waals surface area contributed by atoms with Gasteiger partial charge in [-0.1, -0.05) is 12.8 Å². The van der Waals surface area contributed by atoms with Crippen molar-refractivity contribution in [2.24, 2.45) is 5.92 Å². The highest BCUT2D eigenvalue weighted by Crippen LogP contribution is 2.32. The van der Waals surface area contributed by atoms with E-state index in [1.807, 2.05) is 11.3 Å². The Morgan fingerprint density at radius 1 is 1.33 bits per heavy atom. The van der Waals surface area contributed by atoms with Crippen molar-refractivity contribution >= 4 is 11.3 Å². The fourth-order valence-electron chi connectivity index (χ4n) is 3.54. The molecule has 18 heavy (non-hydrogen) atoms. The van der Waals surface area contributed by atoms with Crippen LogP contribution >= 0.6 is 11.3 Å². The van der Waals surface area contributed by atoms with E-state index in [2.05, 4.69) is 29.7 Å².